The van der Waals surface area contributed by atoms with E-state index in [1.54, 1.807) is 42.5 Å². The predicted octanol–water partition coefficient (Wildman–Crippen LogP) is 6.76. The molecule has 2 aromatic heterocycles. The molecule has 0 saturated heterocycles. The fraction of sp³-hybridized carbons (Fsp3) is 0.0625. The van der Waals surface area contributed by atoms with E-state index in [1.165, 1.54) is 14.2 Å². The van der Waals surface area contributed by atoms with Crippen LogP contribution in [0.3, 0.4) is 0 Å². The number of anilines is 1. The average molecular weight is 530 g/mol. The highest BCUT2D eigenvalue weighted by Crippen LogP contribution is 2.38. The van der Waals surface area contributed by atoms with Crippen molar-refractivity contribution in [1.82, 2.24) is 9.97 Å². The summed E-state index contributed by atoms with van der Waals surface area (Å²) in [5.41, 5.74) is 4.63. The van der Waals surface area contributed by atoms with E-state index in [0.29, 0.717) is 50.3 Å². The number of methoxy groups -OCH3 is 2. The number of carbonyl (C=O) groups is 2. The van der Waals surface area contributed by atoms with Gasteiger partial charge in [0.1, 0.15) is 11.3 Å². The van der Waals surface area contributed by atoms with Crippen molar-refractivity contribution in [2.75, 3.05) is 19.5 Å². The Kier molecular flexibility index (Phi) is 6.41. The predicted molar refractivity (Wildman–Crippen MR) is 152 cm³/mol. The first kappa shape index (κ1) is 24.8. The minimum Gasteiger partial charge on any atom is -0.495 e. The third kappa shape index (κ3) is 4.41. The Balaban J connectivity index is 1.46. The van der Waals surface area contributed by atoms with Crippen LogP contribution < -0.4 is 10.1 Å². The number of pyridine rings is 1. The quantitative estimate of drug-likeness (QED) is 0.238. The largest absolute Gasteiger partial charge is 0.495 e. The zero-order valence-electron chi connectivity index (χ0n) is 21.7. The third-order valence-electron chi connectivity index (χ3n) is 6.57. The van der Waals surface area contributed by atoms with E-state index >= 15 is 0 Å². The van der Waals surface area contributed by atoms with E-state index in [4.69, 9.17) is 18.9 Å². The monoisotopic (exact) mass is 529 g/mol. The smallest absolute Gasteiger partial charge is 0.340 e. The van der Waals surface area contributed by atoms with Crippen LogP contribution in [0.5, 0.6) is 5.75 Å². The van der Waals surface area contributed by atoms with Crippen molar-refractivity contribution in [1.29, 1.82) is 0 Å². The molecule has 0 unspecified atom stereocenters. The van der Waals surface area contributed by atoms with Crippen molar-refractivity contribution < 1.29 is 23.5 Å². The fourth-order valence-electron chi connectivity index (χ4n) is 4.65. The number of aromatic nitrogens is 2. The van der Waals surface area contributed by atoms with Crippen LogP contribution in [-0.2, 0) is 4.74 Å². The molecule has 0 aliphatic carbocycles. The molecule has 6 rings (SSSR count). The van der Waals surface area contributed by atoms with Crippen LogP contribution >= 0.6 is 0 Å². The summed E-state index contributed by atoms with van der Waals surface area (Å²) in [4.78, 5) is 35.6. The molecule has 0 atom stereocenters. The van der Waals surface area contributed by atoms with Crippen LogP contribution in [0.25, 0.3) is 44.7 Å². The van der Waals surface area contributed by atoms with Gasteiger partial charge in [-0.3, -0.25) is 4.79 Å². The molecule has 1 N–H and O–H groups in total. The normalized spacial score (nSPS) is 10.9. The summed E-state index contributed by atoms with van der Waals surface area (Å²) in [6.45, 7) is 0. The molecule has 196 valence electrons. The molecular formula is C32H23N3O5. The highest BCUT2D eigenvalue weighted by molar-refractivity contribution is 6.14. The Labute approximate surface area is 229 Å². The lowest BCUT2D eigenvalue weighted by Gasteiger charge is -2.15. The van der Waals surface area contributed by atoms with Crippen LogP contribution in [0.15, 0.2) is 101 Å². The first-order chi connectivity index (χ1) is 19.6. The van der Waals surface area contributed by atoms with Gasteiger partial charge in [-0.2, -0.15) is 0 Å². The molecule has 0 bridgehead atoms. The van der Waals surface area contributed by atoms with Crippen LogP contribution in [0.2, 0.25) is 0 Å². The molecule has 8 heteroatoms. The summed E-state index contributed by atoms with van der Waals surface area (Å²) in [6.07, 6.45) is 0. The van der Waals surface area contributed by atoms with Crippen LogP contribution in [0.1, 0.15) is 20.7 Å². The minimum atomic E-state index is -0.525. The molecule has 2 heterocycles. The average Bonchev–Trinajstić information content (AvgIpc) is 3.45. The molecule has 0 fully saturated rings. The van der Waals surface area contributed by atoms with E-state index < -0.39 is 5.97 Å². The molecule has 0 radical (unpaired) electrons. The lowest BCUT2D eigenvalue weighted by atomic mass is 10.0. The van der Waals surface area contributed by atoms with E-state index in [0.717, 1.165) is 5.56 Å². The summed E-state index contributed by atoms with van der Waals surface area (Å²) >= 11 is 0. The number of oxazole rings is 1. The van der Waals surface area contributed by atoms with Crippen molar-refractivity contribution in [3.05, 3.63) is 108 Å². The van der Waals surface area contributed by atoms with Gasteiger partial charge in [-0.05, 0) is 36.4 Å². The van der Waals surface area contributed by atoms with E-state index in [-0.39, 0.29) is 17.4 Å². The number of rotatable bonds is 6. The standard InChI is InChI=1S/C32H23N3O5/c1-38-26-16-8-13-21(31-35-29-22(32(37)39-2)14-9-17-27(29)40-31)28(26)34-30(36)23-18-25(19-10-4-3-5-11-19)33-24-15-7-6-12-20(23)24/h3-18H,1-2H3,(H,34,36). The van der Waals surface area contributed by atoms with Gasteiger partial charge in [0.25, 0.3) is 5.91 Å². The Hall–Kier alpha value is -5.50. The lowest BCUT2D eigenvalue weighted by molar-refractivity contribution is 0.0602. The Bertz CT molecular complexity index is 1900. The van der Waals surface area contributed by atoms with Gasteiger partial charge in [-0.25, -0.2) is 14.8 Å². The van der Waals surface area contributed by atoms with Crippen LogP contribution in [0, 0.1) is 0 Å². The van der Waals surface area contributed by atoms with Crippen molar-refractivity contribution in [3.63, 3.8) is 0 Å². The zero-order chi connectivity index (χ0) is 27.6. The highest BCUT2D eigenvalue weighted by Gasteiger charge is 2.22. The molecule has 6 aromatic rings. The second-order valence-corrected chi connectivity index (χ2v) is 8.94. The van der Waals surface area contributed by atoms with Gasteiger partial charge in [-0.15, -0.1) is 0 Å². The van der Waals surface area contributed by atoms with Gasteiger partial charge in [-0.1, -0.05) is 60.7 Å². The van der Waals surface area contributed by atoms with Crippen LogP contribution in [-0.4, -0.2) is 36.1 Å². The van der Waals surface area contributed by atoms with Crippen LogP contribution in [0.4, 0.5) is 5.69 Å². The van der Waals surface area contributed by atoms with E-state index in [1.807, 2.05) is 54.6 Å². The molecule has 0 saturated carbocycles. The van der Waals surface area contributed by atoms with Crippen molar-refractivity contribution in [2.45, 2.75) is 0 Å². The van der Waals surface area contributed by atoms with Gasteiger partial charge in [0, 0.05) is 10.9 Å². The number of hydrogen-bond donors (Lipinski definition) is 1. The maximum Gasteiger partial charge on any atom is 0.340 e. The summed E-state index contributed by atoms with van der Waals surface area (Å²) in [6, 6.07) is 29.3. The molecular weight excluding hydrogens is 506 g/mol. The highest BCUT2D eigenvalue weighted by atomic mass is 16.5. The Morgan fingerprint density at radius 2 is 1.57 bits per heavy atom. The molecule has 0 aliphatic heterocycles. The number of amides is 1. The first-order valence-corrected chi connectivity index (χ1v) is 12.5. The summed E-state index contributed by atoms with van der Waals surface area (Å²) in [5.74, 6) is -0.246. The van der Waals surface area contributed by atoms with E-state index in [2.05, 4.69) is 10.3 Å². The number of para-hydroxylation sites is 3. The van der Waals surface area contributed by atoms with Gasteiger partial charge < -0.3 is 19.2 Å². The maximum atomic E-state index is 13.9. The SMILES string of the molecule is COC(=O)c1cccc2oc(-c3cccc(OC)c3NC(=O)c3cc(-c4ccccc4)nc4ccccc34)nc12. The Morgan fingerprint density at radius 3 is 2.38 bits per heavy atom. The molecule has 40 heavy (non-hydrogen) atoms. The number of benzene rings is 4. The molecule has 1 amide bonds. The Morgan fingerprint density at radius 1 is 0.800 bits per heavy atom. The summed E-state index contributed by atoms with van der Waals surface area (Å²) < 4.78 is 16.5. The maximum absolute atomic E-state index is 13.9. The molecule has 8 nitrogen and oxygen atoms in total. The number of nitrogens with zero attached hydrogens (tertiary/aromatic N) is 2. The molecule has 0 spiro atoms. The fourth-order valence-corrected chi connectivity index (χ4v) is 4.65. The number of esters is 1. The lowest BCUT2D eigenvalue weighted by Crippen LogP contribution is -2.14. The second-order valence-electron chi connectivity index (χ2n) is 8.94. The van der Waals surface area contributed by atoms with Crippen molar-refractivity contribution in [3.8, 4) is 28.5 Å². The second kappa shape index (κ2) is 10.3. The summed E-state index contributed by atoms with van der Waals surface area (Å²) in [7, 11) is 2.83. The van der Waals surface area contributed by atoms with Gasteiger partial charge in [0.15, 0.2) is 5.58 Å². The van der Waals surface area contributed by atoms with E-state index in [9.17, 15) is 9.59 Å². The minimum absolute atomic E-state index is 0.213. The topological polar surface area (TPSA) is 104 Å². The number of ether oxygens (including phenoxy) is 2. The first-order valence-electron chi connectivity index (χ1n) is 12.5. The number of fused-ring (bicyclic) bond motifs is 2. The number of hydrogen-bond acceptors (Lipinski definition) is 7. The summed E-state index contributed by atoms with van der Waals surface area (Å²) in [5, 5.41) is 3.73. The zero-order valence-corrected chi connectivity index (χ0v) is 21.7. The third-order valence-corrected chi connectivity index (χ3v) is 6.57. The van der Waals surface area contributed by atoms with Crippen molar-refractivity contribution in [2.24, 2.45) is 0 Å². The van der Waals surface area contributed by atoms with Gasteiger partial charge in [0.05, 0.1) is 47.8 Å². The molecule has 4 aromatic carbocycles. The number of nitrogens with one attached hydrogen (secondary N) is 1. The van der Waals surface area contributed by atoms with Gasteiger partial charge in [0.2, 0.25) is 5.89 Å². The van der Waals surface area contributed by atoms with Crippen molar-refractivity contribution >= 4 is 39.6 Å². The molecule has 0 aliphatic rings. The van der Waals surface area contributed by atoms with Gasteiger partial charge >= 0.3 is 5.97 Å². The number of carbonyl (C=O) groups excluding carboxylic acids is 2.